The van der Waals surface area contributed by atoms with E-state index in [0.717, 1.165) is 11.3 Å². The first-order valence-corrected chi connectivity index (χ1v) is 12.6. The van der Waals surface area contributed by atoms with E-state index >= 15 is 0 Å². The summed E-state index contributed by atoms with van der Waals surface area (Å²) < 4.78 is 4.68. The van der Waals surface area contributed by atoms with Gasteiger partial charge in [-0.3, -0.25) is 4.79 Å². The lowest BCUT2D eigenvalue weighted by molar-refractivity contribution is -0.139. The van der Waals surface area contributed by atoms with Gasteiger partial charge < -0.3 is 4.74 Å². The van der Waals surface area contributed by atoms with Crippen LogP contribution in [-0.2, 0) is 16.0 Å². The Balaban J connectivity index is 1.94. The van der Waals surface area contributed by atoms with Gasteiger partial charge in [0.2, 0.25) is 0 Å². The van der Waals surface area contributed by atoms with Crippen LogP contribution in [0.2, 0.25) is 0 Å². The highest BCUT2D eigenvalue weighted by molar-refractivity contribution is 7.81. The number of rotatable bonds is 18. The van der Waals surface area contributed by atoms with Crippen LogP contribution in [0.5, 0.6) is 0 Å². The number of carbonyl (C=O) groups excluding carboxylic acids is 1. The van der Waals surface area contributed by atoms with E-state index in [2.05, 4.69) is 23.8 Å². The van der Waals surface area contributed by atoms with Crippen molar-refractivity contribution >= 4 is 34.4 Å². The number of ether oxygens (including phenoxy) is 1. The molecule has 28 heavy (non-hydrogen) atoms. The van der Waals surface area contributed by atoms with Gasteiger partial charge in [0.05, 0.1) is 13.5 Å². The third-order valence-corrected chi connectivity index (χ3v) is 6.94. The topological polar surface area (TPSA) is 26.3 Å². The maximum absolute atomic E-state index is 11.3. The zero-order valence-corrected chi connectivity index (χ0v) is 19.7. The molecule has 0 saturated carbocycles. The van der Waals surface area contributed by atoms with E-state index in [1.54, 1.807) is 11.3 Å². The monoisotopic (exact) mass is 424 g/mol. The number of carbonyl (C=O) groups is 1. The molecule has 0 amide bonds. The fraction of sp³-hybridized carbons (Fsp3) is 0.750. The molecule has 160 valence electrons. The van der Waals surface area contributed by atoms with Gasteiger partial charge in [-0.25, -0.2) is 0 Å². The van der Waals surface area contributed by atoms with E-state index in [1.165, 1.54) is 102 Å². The quantitative estimate of drug-likeness (QED) is 0.103. The molecule has 0 aromatic carbocycles. The van der Waals surface area contributed by atoms with E-state index in [0.29, 0.717) is 4.86 Å². The summed E-state index contributed by atoms with van der Waals surface area (Å²) in [7, 11) is 1.40. The zero-order chi connectivity index (χ0) is 20.5. The second kappa shape index (κ2) is 17.1. The minimum atomic E-state index is -0.257. The lowest BCUT2D eigenvalue weighted by Crippen LogP contribution is -2.07. The third-order valence-electron chi connectivity index (χ3n) is 5.25. The van der Waals surface area contributed by atoms with Crippen LogP contribution in [0, 0.1) is 0 Å². The summed E-state index contributed by atoms with van der Waals surface area (Å²) in [5, 5.41) is 0. The van der Waals surface area contributed by atoms with E-state index < -0.39 is 0 Å². The third kappa shape index (κ3) is 12.7. The van der Waals surface area contributed by atoms with Gasteiger partial charge in [-0.1, -0.05) is 103 Å². The number of hydrogen-bond acceptors (Lipinski definition) is 4. The SMILES string of the molecule is CCCCCCCCCCCCCCCCc1ccc(C(=S)CC(=O)OC)s1. The van der Waals surface area contributed by atoms with Crippen LogP contribution in [0.1, 0.15) is 113 Å². The van der Waals surface area contributed by atoms with Gasteiger partial charge in [-0.15, -0.1) is 11.3 Å². The van der Waals surface area contributed by atoms with Crippen molar-refractivity contribution in [3.63, 3.8) is 0 Å². The standard InChI is InChI=1S/C24H40O2S2/c1-3-4-5-6-7-8-9-10-11-12-13-14-15-16-17-21-18-19-23(28-21)22(27)20-24(25)26-2/h18-19H,3-17,20H2,1-2H3. The number of aryl methyl sites for hydroxylation is 1. The number of thiophene rings is 1. The molecule has 1 aromatic rings. The lowest BCUT2D eigenvalue weighted by atomic mass is 10.0. The van der Waals surface area contributed by atoms with Crippen LogP contribution in [0.25, 0.3) is 0 Å². The Labute approximate surface area is 182 Å². The molecule has 0 atom stereocenters. The van der Waals surface area contributed by atoms with Crippen LogP contribution in [-0.4, -0.2) is 17.9 Å². The first kappa shape index (κ1) is 25.3. The number of methoxy groups -OCH3 is 1. The Morgan fingerprint density at radius 1 is 0.857 bits per heavy atom. The maximum atomic E-state index is 11.3. The van der Waals surface area contributed by atoms with Crippen molar-refractivity contribution in [3.8, 4) is 0 Å². The van der Waals surface area contributed by atoms with Crippen molar-refractivity contribution in [2.75, 3.05) is 7.11 Å². The highest BCUT2D eigenvalue weighted by Crippen LogP contribution is 2.21. The molecule has 0 saturated heterocycles. The van der Waals surface area contributed by atoms with E-state index in [9.17, 15) is 4.79 Å². The average Bonchev–Trinajstić information content (AvgIpc) is 3.17. The second-order valence-corrected chi connectivity index (χ2v) is 9.45. The molecule has 0 aliphatic rings. The predicted molar refractivity (Wildman–Crippen MR) is 127 cm³/mol. The molecular formula is C24H40O2S2. The first-order valence-electron chi connectivity index (χ1n) is 11.4. The summed E-state index contributed by atoms with van der Waals surface area (Å²) in [4.78, 5) is 14.4. The molecule has 1 aromatic heterocycles. The maximum Gasteiger partial charge on any atom is 0.310 e. The van der Waals surface area contributed by atoms with Crippen molar-refractivity contribution in [2.24, 2.45) is 0 Å². The molecule has 2 nitrogen and oxygen atoms in total. The largest absolute Gasteiger partial charge is 0.469 e. The van der Waals surface area contributed by atoms with Crippen molar-refractivity contribution < 1.29 is 9.53 Å². The van der Waals surface area contributed by atoms with Gasteiger partial charge in [0.1, 0.15) is 0 Å². The highest BCUT2D eigenvalue weighted by Gasteiger charge is 2.10. The van der Waals surface area contributed by atoms with Gasteiger partial charge in [0, 0.05) is 14.6 Å². The Hall–Kier alpha value is -0.740. The molecule has 0 fully saturated rings. The molecule has 0 N–H and O–H groups in total. The first-order chi connectivity index (χ1) is 13.7. The number of thiocarbonyl (C=S) groups is 1. The molecule has 1 rings (SSSR count). The average molecular weight is 425 g/mol. The molecule has 0 unspecified atom stereocenters. The van der Waals surface area contributed by atoms with Crippen LogP contribution in [0.3, 0.4) is 0 Å². The molecule has 0 spiro atoms. The lowest BCUT2D eigenvalue weighted by Gasteiger charge is -2.03. The van der Waals surface area contributed by atoms with Gasteiger partial charge in [-0.2, -0.15) is 0 Å². The minimum absolute atomic E-state index is 0.213. The summed E-state index contributed by atoms with van der Waals surface area (Å²) >= 11 is 7.06. The minimum Gasteiger partial charge on any atom is -0.469 e. The molecule has 1 heterocycles. The van der Waals surface area contributed by atoms with Gasteiger partial charge >= 0.3 is 5.97 Å². The van der Waals surface area contributed by atoms with Crippen LogP contribution in [0.4, 0.5) is 0 Å². The summed E-state index contributed by atoms with van der Waals surface area (Å²) in [5.41, 5.74) is 0. The van der Waals surface area contributed by atoms with Crippen molar-refractivity contribution in [3.05, 3.63) is 21.9 Å². The van der Waals surface area contributed by atoms with Crippen LogP contribution >= 0.6 is 23.6 Å². The van der Waals surface area contributed by atoms with E-state index in [1.807, 2.05) is 0 Å². The Kier molecular flexibility index (Phi) is 15.5. The molecular weight excluding hydrogens is 384 g/mol. The van der Waals surface area contributed by atoms with Gasteiger partial charge in [0.25, 0.3) is 0 Å². The smallest absolute Gasteiger partial charge is 0.310 e. The Bertz CT molecular complexity index is 536. The molecule has 0 aliphatic carbocycles. The molecule has 0 bridgehead atoms. The van der Waals surface area contributed by atoms with Crippen molar-refractivity contribution in [2.45, 2.75) is 110 Å². The van der Waals surface area contributed by atoms with E-state index in [4.69, 9.17) is 12.2 Å². The molecule has 4 heteroatoms. The van der Waals surface area contributed by atoms with Crippen LogP contribution < -0.4 is 0 Å². The van der Waals surface area contributed by atoms with Gasteiger partial charge in [0.15, 0.2) is 0 Å². The summed E-state index contributed by atoms with van der Waals surface area (Å²) in [5.74, 6) is -0.257. The normalized spacial score (nSPS) is 10.9. The van der Waals surface area contributed by atoms with Crippen molar-refractivity contribution in [1.29, 1.82) is 0 Å². The zero-order valence-electron chi connectivity index (χ0n) is 18.1. The van der Waals surface area contributed by atoms with Crippen molar-refractivity contribution in [1.82, 2.24) is 0 Å². The molecule has 0 radical (unpaired) electrons. The number of unbranched alkanes of at least 4 members (excludes halogenated alkanes) is 13. The number of esters is 1. The fourth-order valence-corrected chi connectivity index (χ4v) is 4.74. The highest BCUT2D eigenvalue weighted by atomic mass is 32.1. The predicted octanol–water partition coefficient (Wildman–Crippen LogP) is 8.05. The second-order valence-electron chi connectivity index (χ2n) is 7.79. The Morgan fingerprint density at radius 2 is 1.36 bits per heavy atom. The van der Waals surface area contributed by atoms with E-state index in [-0.39, 0.29) is 12.4 Å². The van der Waals surface area contributed by atoms with Gasteiger partial charge in [-0.05, 0) is 25.0 Å². The Morgan fingerprint density at radius 3 is 1.86 bits per heavy atom. The number of hydrogen-bond donors (Lipinski definition) is 0. The van der Waals surface area contributed by atoms with Crippen LogP contribution in [0.15, 0.2) is 12.1 Å². The fourth-order valence-electron chi connectivity index (χ4n) is 3.45. The summed E-state index contributed by atoms with van der Waals surface area (Å²) in [6.07, 6.45) is 20.9. The summed E-state index contributed by atoms with van der Waals surface area (Å²) in [6, 6.07) is 4.21. The molecule has 0 aliphatic heterocycles. The summed E-state index contributed by atoms with van der Waals surface area (Å²) in [6.45, 7) is 2.28.